The Morgan fingerprint density at radius 1 is 1.25 bits per heavy atom. The average molecular weight is 327 g/mol. The number of hydrogen-bond acceptors (Lipinski definition) is 2. The van der Waals surface area contributed by atoms with Crippen LogP contribution in [0.3, 0.4) is 0 Å². The summed E-state index contributed by atoms with van der Waals surface area (Å²) in [6, 6.07) is 11.9. The number of nitrogens with one attached hydrogen (secondary N) is 2. The number of rotatable bonds is 5. The Labute approximate surface area is 138 Å². The fraction of sp³-hybridized carbons (Fsp3) is 0.222. The van der Waals surface area contributed by atoms with E-state index < -0.39 is 5.82 Å². The number of aromatic nitrogens is 2. The van der Waals surface area contributed by atoms with Crippen LogP contribution in [-0.2, 0) is 17.8 Å². The lowest BCUT2D eigenvalue weighted by Gasteiger charge is -2.07. The minimum absolute atomic E-state index is 0.0977. The number of aromatic amines is 1. The van der Waals surface area contributed by atoms with Gasteiger partial charge < -0.3 is 10.3 Å². The molecule has 0 saturated heterocycles. The number of benzene rings is 2. The number of fused-ring (bicyclic) bond motifs is 1. The number of H-pyrrole nitrogens is 1. The largest absolute Gasteiger partial charge is 0.354 e. The molecule has 2 N–H and O–H groups in total. The number of carbonyl (C=O) groups is 1. The van der Waals surface area contributed by atoms with Crippen molar-refractivity contribution in [3.63, 3.8) is 0 Å². The van der Waals surface area contributed by atoms with E-state index in [-0.39, 0.29) is 11.6 Å². The fourth-order valence-electron chi connectivity index (χ4n) is 2.73. The summed E-state index contributed by atoms with van der Waals surface area (Å²) < 4.78 is 14.7. The van der Waals surface area contributed by atoms with E-state index in [1.54, 1.807) is 6.07 Å². The van der Waals surface area contributed by atoms with Gasteiger partial charge in [-0.2, -0.15) is 0 Å². The highest BCUT2D eigenvalue weighted by Gasteiger charge is 2.08. The summed E-state index contributed by atoms with van der Waals surface area (Å²) in [4.78, 5) is 26.5. The number of amides is 1. The highest BCUT2D eigenvalue weighted by Crippen LogP contribution is 2.11. The van der Waals surface area contributed by atoms with Gasteiger partial charge >= 0.3 is 5.69 Å². The van der Waals surface area contributed by atoms with Crippen molar-refractivity contribution < 1.29 is 9.18 Å². The Hall–Kier alpha value is -2.89. The molecule has 0 radical (unpaired) electrons. The third-order valence-electron chi connectivity index (χ3n) is 3.84. The molecule has 1 aromatic heterocycles. The number of hydrogen-bond donors (Lipinski definition) is 2. The lowest BCUT2D eigenvalue weighted by atomic mass is 10.1. The van der Waals surface area contributed by atoms with Crippen LogP contribution in [-0.4, -0.2) is 22.0 Å². The van der Waals surface area contributed by atoms with E-state index in [4.69, 9.17) is 0 Å². The molecule has 0 aliphatic carbocycles. The van der Waals surface area contributed by atoms with Crippen LogP contribution in [0.1, 0.15) is 11.1 Å². The maximum Gasteiger partial charge on any atom is 0.326 e. The first-order chi connectivity index (χ1) is 11.5. The van der Waals surface area contributed by atoms with E-state index in [1.807, 2.05) is 31.2 Å². The monoisotopic (exact) mass is 327 g/mol. The number of imidazole rings is 1. The van der Waals surface area contributed by atoms with Crippen molar-refractivity contribution in [3.05, 3.63) is 69.9 Å². The third kappa shape index (κ3) is 3.53. The van der Waals surface area contributed by atoms with Crippen LogP contribution in [0.25, 0.3) is 11.0 Å². The van der Waals surface area contributed by atoms with Crippen molar-refractivity contribution in [3.8, 4) is 0 Å². The van der Waals surface area contributed by atoms with Crippen LogP contribution in [0.5, 0.6) is 0 Å². The van der Waals surface area contributed by atoms with E-state index >= 15 is 0 Å². The Bertz CT molecular complexity index is 943. The van der Waals surface area contributed by atoms with E-state index in [1.165, 1.54) is 16.7 Å². The zero-order valence-corrected chi connectivity index (χ0v) is 13.3. The minimum atomic E-state index is -0.401. The lowest BCUT2D eigenvalue weighted by molar-refractivity contribution is -0.120. The maximum absolute atomic E-state index is 13.2. The number of aryl methyl sites for hydroxylation is 1. The van der Waals surface area contributed by atoms with Gasteiger partial charge in [-0.1, -0.05) is 29.8 Å². The Balaban J connectivity index is 1.61. The van der Waals surface area contributed by atoms with Gasteiger partial charge in [-0.25, -0.2) is 9.18 Å². The molecular weight excluding hydrogens is 309 g/mol. The average Bonchev–Trinajstić information content (AvgIpc) is 2.82. The molecule has 1 heterocycles. The summed E-state index contributed by atoms with van der Waals surface area (Å²) in [5.41, 5.74) is 2.81. The molecule has 3 aromatic rings. The van der Waals surface area contributed by atoms with Crippen molar-refractivity contribution >= 4 is 16.9 Å². The molecule has 0 unspecified atom stereocenters. The Morgan fingerprint density at radius 3 is 2.88 bits per heavy atom. The molecule has 0 bridgehead atoms. The molecule has 0 aliphatic heterocycles. The van der Waals surface area contributed by atoms with Gasteiger partial charge in [0.05, 0.1) is 17.5 Å². The summed E-state index contributed by atoms with van der Waals surface area (Å²) in [5, 5.41) is 2.81. The van der Waals surface area contributed by atoms with Crippen LogP contribution >= 0.6 is 0 Å². The normalized spacial score (nSPS) is 10.9. The van der Waals surface area contributed by atoms with Crippen molar-refractivity contribution in [2.45, 2.75) is 19.9 Å². The third-order valence-corrected chi connectivity index (χ3v) is 3.84. The summed E-state index contributed by atoms with van der Waals surface area (Å²) in [5.74, 6) is -0.498. The lowest BCUT2D eigenvalue weighted by Crippen LogP contribution is -2.31. The maximum atomic E-state index is 13.2. The second-order valence-electron chi connectivity index (χ2n) is 5.76. The Kier molecular flexibility index (Phi) is 4.46. The van der Waals surface area contributed by atoms with Crippen molar-refractivity contribution in [1.82, 2.24) is 14.9 Å². The fourth-order valence-corrected chi connectivity index (χ4v) is 2.73. The van der Waals surface area contributed by atoms with Gasteiger partial charge in [-0.15, -0.1) is 0 Å². The SMILES string of the molecule is Cc1cccc(CC(=O)NCCn2c(=O)[nH]c3cc(F)ccc32)c1. The molecule has 24 heavy (non-hydrogen) atoms. The highest BCUT2D eigenvalue weighted by molar-refractivity contribution is 5.78. The van der Waals surface area contributed by atoms with Crippen LogP contribution in [0, 0.1) is 12.7 Å². The predicted molar refractivity (Wildman–Crippen MR) is 90.4 cm³/mol. The summed E-state index contributed by atoms with van der Waals surface area (Å²) in [7, 11) is 0. The zero-order valence-electron chi connectivity index (χ0n) is 13.3. The van der Waals surface area contributed by atoms with Crippen LogP contribution in [0.15, 0.2) is 47.3 Å². The van der Waals surface area contributed by atoms with Gasteiger partial charge in [0, 0.05) is 13.1 Å². The second-order valence-corrected chi connectivity index (χ2v) is 5.76. The summed E-state index contributed by atoms with van der Waals surface area (Å²) >= 11 is 0. The molecule has 1 amide bonds. The first-order valence-corrected chi connectivity index (χ1v) is 7.73. The first-order valence-electron chi connectivity index (χ1n) is 7.73. The molecule has 5 nitrogen and oxygen atoms in total. The highest BCUT2D eigenvalue weighted by atomic mass is 19.1. The summed E-state index contributed by atoms with van der Waals surface area (Å²) in [6.45, 7) is 2.63. The molecule has 0 spiro atoms. The van der Waals surface area contributed by atoms with Crippen LogP contribution < -0.4 is 11.0 Å². The zero-order chi connectivity index (χ0) is 17.1. The molecule has 0 aliphatic rings. The molecule has 3 rings (SSSR count). The van der Waals surface area contributed by atoms with Gasteiger partial charge in [0.2, 0.25) is 5.91 Å². The second kappa shape index (κ2) is 6.70. The quantitative estimate of drug-likeness (QED) is 0.754. The number of halogens is 1. The molecular formula is C18H18FN3O2. The van der Waals surface area contributed by atoms with Gasteiger partial charge in [-0.05, 0) is 30.7 Å². The number of nitrogens with zero attached hydrogens (tertiary/aromatic N) is 1. The summed E-state index contributed by atoms with van der Waals surface area (Å²) in [6.07, 6.45) is 0.301. The standard InChI is InChI=1S/C18H18FN3O2/c1-12-3-2-4-13(9-12)10-17(23)20-7-8-22-16-6-5-14(19)11-15(16)21-18(22)24/h2-6,9,11H,7-8,10H2,1H3,(H,20,23)(H,21,24). The smallest absolute Gasteiger partial charge is 0.326 e. The van der Waals surface area contributed by atoms with Crippen LogP contribution in [0.2, 0.25) is 0 Å². The van der Waals surface area contributed by atoms with Gasteiger partial charge in [0.1, 0.15) is 5.82 Å². The molecule has 2 aromatic carbocycles. The van der Waals surface area contributed by atoms with E-state index in [9.17, 15) is 14.0 Å². The van der Waals surface area contributed by atoms with E-state index in [2.05, 4.69) is 10.3 Å². The van der Waals surface area contributed by atoms with E-state index in [0.29, 0.717) is 30.5 Å². The van der Waals surface area contributed by atoms with Gasteiger partial charge in [0.25, 0.3) is 0 Å². The minimum Gasteiger partial charge on any atom is -0.354 e. The molecule has 0 saturated carbocycles. The van der Waals surface area contributed by atoms with Crippen LogP contribution in [0.4, 0.5) is 4.39 Å². The Morgan fingerprint density at radius 2 is 2.08 bits per heavy atom. The molecule has 6 heteroatoms. The van der Waals surface area contributed by atoms with Crippen molar-refractivity contribution in [2.24, 2.45) is 0 Å². The van der Waals surface area contributed by atoms with Gasteiger partial charge in [0.15, 0.2) is 0 Å². The van der Waals surface area contributed by atoms with E-state index in [0.717, 1.165) is 11.1 Å². The van der Waals surface area contributed by atoms with Gasteiger partial charge in [-0.3, -0.25) is 9.36 Å². The van der Waals surface area contributed by atoms with Crippen molar-refractivity contribution in [2.75, 3.05) is 6.54 Å². The molecule has 124 valence electrons. The van der Waals surface area contributed by atoms with Crippen molar-refractivity contribution in [1.29, 1.82) is 0 Å². The predicted octanol–water partition coefficient (Wildman–Crippen LogP) is 2.14. The molecule has 0 fully saturated rings. The number of carbonyl (C=O) groups excluding carboxylic acids is 1. The topological polar surface area (TPSA) is 66.9 Å². The first kappa shape index (κ1) is 16.0. The molecule has 0 atom stereocenters.